The minimum Gasteiger partial charge on any atom is -0.504 e. The fraction of sp³-hybridized carbons (Fsp3) is 0.579. The second kappa shape index (κ2) is 5.31. The fourth-order valence-electron chi connectivity index (χ4n) is 4.58. The van der Waals surface area contributed by atoms with Crippen molar-refractivity contribution in [2.45, 2.75) is 56.7 Å². The van der Waals surface area contributed by atoms with E-state index in [1.54, 1.807) is 12.2 Å². The molecule has 24 heavy (non-hydrogen) atoms. The molecule has 0 aromatic carbocycles. The molecule has 2 fully saturated rings. The molecule has 0 bridgehead atoms. The van der Waals surface area contributed by atoms with Gasteiger partial charge in [0.15, 0.2) is 11.5 Å². The zero-order chi connectivity index (χ0) is 16.3. The van der Waals surface area contributed by atoms with E-state index in [4.69, 9.17) is 0 Å². The summed E-state index contributed by atoms with van der Waals surface area (Å²) >= 11 is 0. The summed E-state index contributed by atoms with van der Waals surface area (Å²) in [7, 11) is 0. The van der Waals surface area contributed by atoms with Crippen LogP contribution < -0.4 is 10.6 Å². The molecule has 128 valence electrons. The van der Waals surface area contributed by atoms with Gasteiger partial charge < -0.3 is 20.8 Å². The molecular weight excluding hydrogens is 302 g/mol. The van der Waals surface area contributed by atoms with Gasteiger partial charge in [-0.3, -0.25) is 4.90 Å². The number of hydrogen-bond donors (Lipinski definition) is 4. The Morgan fingerprint density at radius 1 is 1.12 bits per heavy atom. The monoisotopic (exact) mass is 327 g/mol. The topological polar surface area (TPSA) is 67.8 Å². The summed E-state index contributed by atoms with van der Waals surface area (Å²) in [6.07, 6.45) is 10.7. The normalized spacial score (nSPS) is 33.0. The smallest absolute Gasteiger partial charge is 0.157 e. The van der Waals surface area contributed by atoms with Crippen molar-refractivity contribution in [1.82, 2.24) is 15.5 Å². The first kappa shape index (κ1) is 14.5. The minimum absolute atomic E-state index is 0.0292. The molecule has 2 unspecified atom stereocenters. The average Bonchev–Trinajstić information content (AvgIpc) is 3.12. The molecule has 2 atom stereocenters. The lowest BCUT2D eigenvalue weighted by Crippen LogP contribution is -2.41. The van der Waals surface area contributed by atoms with E-state index < -0.39 is 0 Å². The lowest BCUT2D eigenvalue weighted by atomic mass is 9.90. The van der Waals surface area contributed by atoms with E-state index >= 15 is 0 Å². The van der Waals surface area contributed by atoms with E-state index in [1.807, 2.05) is 0 Å². The van der Waals surface area contributed by atoms with Gasteiger partial charge in [-0.1, -0.05) is 0 Å². The van der Waals surface area contributed by atoms with E-state index in [0.717, 1.165) is 31.0 Å². The second-order valence-electron chi connectivity index (χ2n) is 7.70. The third kappa shape index (κ3) is 2.34. The van der Waals surface area contributed by atoms with Crippen molar-refractivity contribution in [2.24, 2.45) is 0 Å². The fourth-order valence-corrected chi connectivity index (χ4v) is 4.58. The zero-order valence-corrected chi connectivity index (χ0v) is 13.9. The predicted molar refractivity (Wildman–Crippen MR) is 92.4 cm³/mol. The highest BCUT2D eigenvalue weighted by Crippen LogP contribution is 2.38. The molecule has 1 saturated carbocycles. The Bertz CT molecular complexity index is 699. The molecule has 0 spiro atoms. The lowest BCUT2D eigenvalue weighted by Gasteiger charge is -2.33. The lowest BCUT2D eigenvalue weighted by molar-refractivity contribution is 0.317. The molecular formula is C19H25N3O2. The molecule has 2 aliphatic heterocycles. The van der Waals surface area contributed by atoms with Crippen LogP contribution in [0.1, 0.15) is 38.5 Å². The van der Waals surface area contributed by atoms with Crippen molar-refractivity contribution in [2.75, 3.05) is 13.1 Å². The van der Waals surface area contributed by atoms with Gasteiger partial charge in [0.1, 0.15) is 0 Å². The highest BCUT2D eigenvalue weighted by atomic mass is 16.3. The number of fused-ring (bicyclic) bond motifs is 1. The van der Waals surface area contributed by atoms with Crippen molar-refractivity contribution in [1.29, 1.82) is 0 Å². The molecule has 1 saturated heterocycles. The molecule has 5 heteroatoms. The first-order valence-corrected chi connectivity index (χ1v) is 9.24. The summed E-state index contributed by atoms with van der Waals surface area (Å²) in [5.74, 6) is -0.0613. The molecule has 5 aliphatic rings. The number of nitrogens with one attached hydrogen (secondary N) is 2. The highest BCUT2D eigenvalue weighted by molar-refractivity contribution is 5.55. The van der Waals surface area contributed by atoms with Crippen molar-refractivity contribution in [3.63, 3.8) is 0 Å². The Hall–Kier alpha value is -1.88. The van der Waals surface area contributed by atoms with Crippen LogP contribution in [0.4, 0.5) is 0 Å². The van der Waals surface area contributed by atoms with Crippen LogP contribution in [-0.4, -0.2) is 46.3 Å². The van der Waals surface area contributed by atoms with Gasteiger partial charge in [0.05, 0.1) is 6.04 Å². The first-order valence-electron chi connectivity index (χ1n) is 9.24. The Morgan fingerprint density at radius 2 is 2.00 bits per heavy atom. The van der Waals surface area contributed by atoms with Gasteiger partial charge in [-0.05, 0) is 56.3 Å². The molecule has 0 amide bonds. The number of hydrogen-bond acceptors (Lipinski definition) is 5. The predicted octanol–water partition coefficient (Wildman–Crippen LogP) is 2.37. The largest absolute Gasteiger partial charge is 0.504 e. The summed E-state index contributed by atoms with van der Waals surface area (Å²) in [6.45, 7) is 2.32. The molecule has 5 rings (SSSR count). The van der Waals surface area contributed by atoms with Crippen LogP contribution in [-0.2, 0) is 0 Å². The molecule has 0 aromatic heterocycles. The molecule has 3 aliphatic carbocycles. The van der Waals surface area contributed by atoms with Gasteiger partial charge in [0.2, 0.25) is 0 Å². The van der Waals surface area contributed by atoms with Crippen LogP contribution in [0, 0.1) is 0 Å². The molecule has 0 aromatic rings. The number of nitrogens with zero attached hydrogens (tertiary/aromatic N) is 1. The number of aliphatic hydroxyl groups is 2. The van der Waals surface area contributed by atoms with Crippen LogP contribution in [0.25, 0.3) is 0 Å². The second-order valence-corrected chi connectivity index (χ2v) is 7.70. The quantitative estimate of drug-likeness (QED) is 0.641. The van der Waals surface area contributed by atoms with E-state index in [-0.39, 0.29) is 17.6 Å². The Labute approximate surface area is 142 Å². The van der Waals surface area contributed by atoms with Gasteiger partial charge in [-0.15, -0.1) is 0 Å². The van der Waals surface area contributed by atoms with E-state index in [1.165, 1.54) is 49.2 Å². The number of dihydropyridines is 1. The number of rotatable bonds is 3. The maximum Gasteiger partial charge on any atom is 0.157 e. The molecule has 0 radical (unpaired) electrons. The van der Waals surface area contributed by atoms with E-state index in [9.17, 15) is 10.2 Å². The van der Waals surface area contributed by atoms with Gasteiger partial charge in [0, 0.05) is 42.1 Å². The van der Waals surface area contributed by atoms with Gasteiger partial charge in [-0.2, -0.15) is 0 Å². The molecule has 5 nitrogen and oxygen atoms in total. The first-order chi connectivity index (χ1) is 11.7. The van der Waals surface area contributed by atoms with Gasteiger partial charge in [0.25, 0.3) is 0 Å². The zero-order valence-electron chi connectivity index (χ0n) is 13.9. The Morgan fingerprint density at radius 3 is 2.83 bits per heavy atom. The van der Waals surface area contributed by atoms with Crippen LogP contribution in [0.3, 0.4) is 0 Å². The van der Waals surface area contributed by atoms with E-state index in [2.05, 4.69) is 15.5 Å². The summed E-state index contributed by atoms with van der Waals surface area (Å²) in [4.78, 5) is 2.62. The standard InChI is InChI=1S/C19H25N3O2/c23-17-8-14-16(9-18(17)24)21-15-3-1-2-13(15)19(14)20-11-6-7-22(10-11)12-4-5-12/h8-9,11-12,16,20-21,23-24H,1-7,10H2. The molecule has 2 heterocycles. The Balaban J connectivity index is 1.45. The van der Waals surface area contributed by atoms with Crippen molar-refractivity contribution in [3.8, 4) is 0 Å². The van der Waals surface area contributed by atoms with Crippen molar-refractivity contribution < 1.29 is 10.2 Å². The average molecular weight is 327 g/mol. The maximum absolute atomic E-state index is 9.99. The van der Waals surface area contributed by atoms with Crippen LogP contribution >= 0.6 is 0 Å². The summed E-state index contributed by atoms with van der Waals surface area (Å²) < 4.78 is 0. The van der Waals surface area contributed by atoms with Crippen LogP contribution in [0.2, 0.25) is 0 Å². The number of aliphatic hydroxyl groups excluding tert-OH is 2. The minimum atomic E-state index is -0.0406. The van der Waals surface area contributed by atoms with Crippen LogP contribution in [0.5, 0.6) is 0 Å². The SMILES string of the molecule is OC1=CC2=C(NC3CCN(C4CC4)C3)C3=C(CCC3)NC2C=C1O. The van der Waals surface area contributed by atoms with E-state index in [0.29, 0.717) is 6.04 Å². The van der Waals surface area contributed by atoms with Gasteiger partial charge in [-0.25, -0.2) is 0 Å². The van der Waals surface area contributed by atoms with Crippen molar-refractivity contribution in [3.05, 3.63) is 46.2 Å². The maximum atomic E-state index is 9.99. The third-order valence-electron chi connectivity index (χ3n) is 5.98. The number of allylic oxidation sites excluding steroid dienone is 2. The van der Waals surface area contributed by atoms with Gasteiger partial charge >= 0.3 is 0 Å². The molecule has 4 N–H and O–H groups in total. The summed E-state index contributed by atoms with van der Waals surface area (Å²) in [6, 6.07) is 1.27. The number of likely N-dealkylation sites (tertiary alicyclic amines) is 1. The highest BCUT2D eigenvalue weighted by Gasteiger charge is 2.37. The Kier molecular flexibility index (Phi) is 3.20. The van der Waals surface area contributed by atoms with Crippen LogP contribution in [0.15, 0.2) is 46.2 Å². The summed E-state index contributed by atoms with van der Waals surface area (Å²) in [5.41, 5.74) is 4.95. The van der Waals surface area contributed by atoms with Crippen molar-refractivity contribution >= 4 is 0 Å². The third-order valence-corrected chi connectivity index (χ3v) is 5.98. The summed E-state index contributed by atoms with van der Waals surface area (Å²) in [5, 5.41) is 27.2.